The molecule has 0 aliphatic carbocycles. The molecule has 1 aromatic heterocycles. The predicted octanol–water partition coefficient (Wildman–Crippen LogP) is 1.04. The van der Waals surface area contributed by atoms with Gasteiger partial charge in [-0.05, 0) is 24.5 Å². The van der Waals surface area contributed by atoms with Crippen LogP contribution < -0.4 is 16.1 Å². The lowest BCUT2D eigenvalue weighted by atomic mass is 10.0. The number of anilines is 1. The van der Waals surface area contributed by atoms with E-state index in [1.165, 1.54) is 18.3 Å². The number of aromatic nitrogens is 2. The fourth-order valence-electron chi connectivity index (χ4n) is 2.90. The molecule has 5 heteroatoms. The summed E-state index contributed by atoms with van der Waals surface area (Å²) in [6, 6.07) is 9.88. The molecule has 5 nitrogen and oxygen atoms in total. The molecule has 0 fully saturated rings. The van der Waals surface area contributed by atoms with Gasteiger partial charge in [0.15, 0.2) is 0 Å². The summed E-state index contributed by atoms with van der Waals surface area (Å²) in [6.45, 7) is 1.53. The number of nitrogens with zero attached hydrogens (tertiary/aromatic N) is 3. The Labute approximate surface area is 123 Å². The van der Waals surface area contributed by atoms with E-state index in [9.17, 15) is 9.59 Å². The van der Waals surface area contributed by atoms with Crippen LogP contribution in [-0.4, -0.2) is 15.7 Å². The highest BCUT2D eigenvalue weighted by atomic mass is 16.2. The third kappa shape index (κ3) is 2.39. The molecule has 0 saturated heterocycles. The van der Waals surface area contributed by atoms with E-state index in [0.29, 0.717) is 6.54 Å². The van der Waals surface area contributed by atoms with Crippen LogP contribution in [0.4, 0.5) is 5.69 Å². The molecule has 110 valence electrons. The van der Waals surface area contributed by atoms with Crippen molar-refractivity contribution in [2.24, 2.45) is 14.1 Å². The third-order valence-corrected chi connectivity index (χ3v) is 4.18. The van der Waals surface area contributed by atoms with Crippen molar-refractivity contribution in [3.05, 3.63) is 62.4 Å². The van der Waals surface area contributed by atoms with Gasteiger partial charge in [-0.25, -0.2) is 4.79 Å². The second-order valence-corrected chi connectivity index (χ2v) is 5.53. The van der Waals surface area contributed by atoms with Crippen LogP contribution in [0, 0.1) is 0 Å². The van der Waals surface area contributed by atoms with Gasteiger partial charge in [-0.15, -0.1) is 0 Å². The lowest BCUT2D eigenvalue weighted by molar-refractivity contribution is 0.618. The quantitative estimate of drug-likeness (QED) is 0.828. The smallest absolute Gasteiger partial charge is 0.330 e. The van der Waals surface area contributed by atoms with E-state index in [-0.39, 0.29) is 11.2 Å². The number of benzene rings is 1. The van der Waals surface area contributed by atoms with E-state index in [1.54, 1.807) is 17.7 Å². The Kier molecular flexibility index (Phi) is 3.41. The van der Waals surface area contributed by atoms with Crippen LogP contribution in [0.2, 0.25) is 0 Å². The first-order valence-electron chi connectivity index (χ1n) is 7.16. The predicted molar refractivity (Wildman–Crippen MR) is 82.7 cm³/mol. The SMILES string of the molecule is Cn1c(CN2CCCc3ccccc32)cc(=O)n(C)c1=O. The number of hydrogen-bond donors (Lipinski definition) is 0. The minimum Gasteiger partial charge on any atom is -0.365 e. The van der Waals surface area contributed by atoms with Crippen molar-refractivity contribution in [1.29, 1.82) is 0 Å². The Balaban J connectivity index is 1.99. The third-order valence-electron chi connectivity index (χ3n) is 4.18. The second-order valence-electron chi connectivity index (χ2n) is 5.53. The number of para-hydroxylation sites is 1. The van der Waals surface area contributed by atoms with Gasteiger partial charge in [0.1, 0.15) is 0 Å². The fourth-order valence-corrected chi connectivity index (χ4v) is 2.90. The van der Waals surface area contributed by atoms with Crippen LogP contribution in [0.5, 0.6) is 0 Å². The molecule has 0 amide bonds. The van der Waals surface area contributed by atoms with Gasteiger partial charge in [-0.1, -0.05) is 18.2 Å². The van der Waals surface area contributed by atoms with Gasteiger partial charge < -0.3 is 4.90 Å². The van der Waals surface area contributed by atoms with Crippen molar-refractivity contribution in [3.8, 4) is 0 Å². The highest BCUT2D eigenvalue weighted by molar-refractivity contribution is 5.55. The van der Waals surface area contributed by atoms with Gasteiger partial charge in [-0.2, -0.15) is 0 Å². The number of hydrogen-bond acceptors (Lipinski definition) is 3. The van der Waals surface area contributed by atoms with Crippen LogP contribution in [0.25, 0.3) is 0 Å². The molecule has 0 saturated carbocycles. The maximum absolute atomic E-state index is 12.0. The fraction of sp³-hybridized carbons (Fsp3) is 0.375. The van der Waals surface area contributed by atoms with E-state index in [4.69, 9.17) is 0 Å². The molecule has 0 radical (unpaired) electrons. The Bertz CT molecular complexity index is 789. The molecule has 2 aromatic rings. The van der Waals surface area contributed by atoms with Gasteiger partial charge in [0.2, 0.25) is 0 Å². The van der Waals surface area contributed by atoms with Crippen molar-refractivity contribution in [2.75, 3.05) is 11.4 Å². The minimum absolute atomic E-state index is 0.251. The minimum atomic E-state index is -0.275. The van der Waals surface area contributed by atoms with E-state index < -0.39 is 0 Å². The molecular weight excluding hydrogens is 266 g/mol. The zero-order valence-corrected chi connectivity index (χ0v) is 12.4. The Morgan fingerprint density at radius 1 is 1.10 bits per heavy atom. The molecule has 1 aliphatic rings. The number of rotatable bonds is 2. The zero-order chi connectivity index (χ0) is 15.0. The molecule has 0 atom stereocenters. The van der Waals surface area contributed by atoms with Gasteiger partial charge in [0.25, 0.3) is 5.56 Å². The molecule has 0 bridgehead atoms. The summed E-state index contributed by atoms with van der Waals surface area (Å²) in [5, 5.41) is 0. The normalized spacial score (nSPS) is 14.1. The summed E-state index contributed by atoms with van der Waals surface area (Å²) >= 11 is 0. The molecule has 0 N–H and O–H groups in total. The highest BCUT2D eigenvalue weighted by Crippen LogP contribution is 2.27. The first-order chi connectivity index (χ1) is 10.1. The topological polar surface area (TPSA) is 47.2 Å². The summed E-state index contributed by atoms with van der Waals surface area (Å²) < 4.78 is 2.69. The molecule has 1 aliphatic heterocycles. The second kappa shape index (κ2) is 5.24. The summed E-state index contributed by atoms with van der Waals surface area (Å²) in [6.07, 6.45) is 2.18. The average molecular weight is 285 g/mol. The lowest BCUT2D eigenvalue weighted by Gasteiger charge is -2.31. The van der Waals surface area contributed by atoms with Gasteiger partial charge in [-0.3, -0.25) is 13.9 Å². The van der Waals surface area contributed by atoms with Crippen molar-refractivity contribution in [2.45, 2.75) is 19.4 Å². The van der Waals surface area contributed by atoms with Gasteiger partial charge in [0.05, 0.1) is 6.54 Å². The van der Waals surface area contributed by atoms with E-state index in [1.807, 2.05) is 6.07 Å². The molecular formula is C16H19N3O2. The zero-order valence-electron chi connectivity index (χ0n) is 12.4. The van der Waals surface area contributed by atoms with Crippen LogP contribution in [-0.2, 0) is 27.1 Å². The first-order valence-corrected chi connectivity index (χ1v) is 7.16. The van der Waals surface area contributed by atoms with E-state index in [2.05, 4.69) is 23.1 Å². The summed E-state index contributed by atoms with van der Waals surface area (Å²) in [7, 11) is 3.22. The number of fused-ring (bicyclic) bond motifs is 1. The Morgan fingerprint density at radius 3 is 2.67 bits per heavy atom. The molecule has 1 aromatic carbocycles. The first kappa shape index (κ1) is 13.7. The van der Waals surface area contributed by atoms with Crippen molar-refractivity contribution in [3.63, 3.8) is 0 Å². The van der Waals surface area contributed by atoms with Crippen molar-refractivity contribution >= 4 is 5.69 Å². The maximum Gasteiger partial charge on any atom is 0.330 e. The van der Waals surface area contributed by atoms with Crippen LogP contribution in [0.15, 0.2) is 39.9 Å². The molecule has 21 heavy (non-hydrogen) atoms. The van der Waals surface area contributed by atoms with E-state index >= 15 is 0 Å². The molecule has 0 spiro atoms. The van der Waals surface area contributed by atoms with Crippen LogP contribution >= 0.6 is 0 Å². The van der Waals surface area contributed by atoms with Gasteiger partial charge in [0, 0.05) is 38.1 Å². The molecule has 2 heterocycles. The Morgan fingerprint density at radius 2 is 1.86 bits per heavy atom. The van der Waals surface area contributed by atoms with Crippen LogP contribution in [0.3, 0.4) is 0 Å². The van der Waals surface area contributed by atoms with Gasteiger partial charge >= 0.3 is 5.69 Å². The summed E-state index contributed by atoms with van der Waals surface area (Å²) in [5.41, 5.74) is 2.76. The summed E-state index contributed by atoms with van der Waals surface area (Å²) in [4.78, 5) is 26.1. The highest BCUT2D eigenvalue weighted by Gasteiger charge is 2.18. The Hall–Kier alpha value is -2.30. The summed E-state index contributed by atoms with van der Waals surface area (Å²) in [5.74, 6) is 0. The lowest BCUT2D eigenvalue weighted by Crippen LogP contribution is -2.40. The number of aryl methyl sites for hydroxylation is 1. The standard InChI is InChI=1S/C16H19N3O2/c1-17-13(10-15(20)18(2)16(17)21)11-19-9-5-7-12-6-3-4-8-14(12)19/h3-4,6,8,10H,5,7,9,11H2,1-2H3. The van der Waals surface area contributed by atoms with Crippen molar-refractivity contribution < 1.29 is 0 Å². The van der Waals surface area contributed by atoms with Crippen molar-refractivity contribution in [1.82, 2.24) is 9.13 Å². The largest absolute Gasteiger partial charge is 0.365 e. The average Bonchev–Trinajstić information content (AvgIpc) is 2.51. The maximum atomic E-state index is 12.0. The van der Waals surface area contributed by atoms with Crippen LogP contribution in [0.1, 0.15) is 17.7 Å². The molecule has 3 rings (SSSR count). The monoisotopic (exact) mass is 285 g/mol. The van der Waals surface area contributed by atoms with E-state index in [0.717, 1.165) is 29.6 Å². The molecule has 0 unspecified atom stereocenters.